The number of rotatable bonds is 11. The molecular formula is C34H63BNO2S. The lowest BCUT2D eigenvalue weighted by Crippen LogP contribution is -2.49. The van der Waals surface area contributed by atoms with Crippen molar-refractivity contribution in [1.29, 1.82) is 0 Å². The molecule has 2 aliphatic rings. The zero-order valence-corrected chi connectivity index (χ0v) is 28.9. The molecule has 5 heteroatoms. The molecule has 0 atom stereocenters. The molecule has 0 N–H and O–H groups in total. The van der Waals surface area contributed by atoms with Gasteiger partial charge in [0.1, 0.15) is 0 Å². The second kappa shape index (κ2) is 17.8. The molecule has 1 amide bonds. The van der Waals surface area contributed by atoms with Crippen LogP contribution in [0.25, 0.3) is 0 Å². The number of fused-ring (bicyclic) bond motifs is 1. The Kier molecular flexibility index (Phi) is 17.4. The molecule has 0 aromatic heterocycles. The lowest BCUT2D eigenvalue weighted by molar-refractivity contribution is -0.123. The molecule has 39 heavy (non-hydrogen) atoms. The number of unbranched alkanes of at least 4 members (excludes halogenated alkanes) is 4. The van der Waals surface area contributed by atoms with Crippen LogP contribution >= 0.6 is 12.6 Å². The van der Waals surface area contributed by atoms with E-state index in [0.29, 0.717) is 6.04 Å². The van der Waals surface area contributed by atoms with Gasteiger partial charge in [0.15, 0.2) is 0 Å². The van der Waals surface area contributed by atoms with Crippen LogP contribution in [0.15, 0.2) is 18.2 Å². The summed E-state index contributed by atoms with van der Waals surface area (Å²) in [4.78, 5) is 15.3. The van der Waals surface area contributed by atoms with E-state index in [1.807, 2.05) is 62.9 Å². The number of amides is 1. The summed E-state index contributed by atoms with van der Waals surface area (Å²) in [5, 5.41) is 0. The van der Waals surface area contributed by atoms with Gasteiger partial charge in [0, 0.05) is 16.5 Å². The minimum atomic E-state index is -0.461. The molecule has 1 heterocycles. The largest absolute Gasteiger partial charge is 0.428 e. The molecule has 1 aromatic carbocycles. The number of carbonyl (C=O) groups excluding carboxylic acids is 1. The Morgan fingerprint density at radius 1 is 0.949 bits per heavy atom. The second-order valence-corrected chi connectivity index (χ2v) is 13.3. The zero-order valence-electron chi connectivity index (χ0n) is 28.0. The Morgan fingerprint density at radius 2 is 1.49 bits per heavy atom. The summed E-state index contributed by atoms with van der Waals surface area (Å²) < 4.78 is 5.83. The molecule has 3 rings (SSSR count). The van der Waals surface area contributed by atoms with Crippen molar-refractivity contribution in [2.24, 2.45) is 5.92 Å². The highest BCUT2D eigenvalue weighted by Gasteiger charge is 2.49. The number of anilines is 1. The van der Waals surface area contributed by atoms with Gasteiger partial charge in [-0.1, -0.05) is 111 Å². The Hall–Kier alpha value is -0.935. The summed E-state index contributed by atoms with van der Waals surface area (Å²) >= 11 is 4.67. The van der Waals surface area contributed by atoms with Crippen molar-refractivity contribution >= 4 is 37.2 Å². The van der Waals surface area contributed by atoms with Gasteiger partial charge in [-0.25, -0.2) is 0 Å². The first-order valence-corrected chi connectivity index (χ1v) is 16.5. The van der Waals surface area contributed by atoms with Gasteiger partial charge in [-0.2, -0.15) is 12.6 Å². The molecular weight excluding hydrogens is 497 g/mol. The van der Waals surface area contributed by atoms with Gasteiger partial charge in [-0.3, -0.25) is 4.79 Å². The minimum absolute atomic E-state index is 0.234. The van der Waals surface area contributed by atoms with Crippen LogP contribution in [-0.2, 0) is 14.9 Å². The van der Waals surface area contributed by atoms with Crippen LogP contribution in [-0.4, -0.2) is 29.8 Å². The molecule has 1 aliphatic heterocycles. The van der Waals surface area contributed by atoms with E-state index in [1.54, 1.807) is 0 Å². The molecule has 0 spiro atoms. The van der Waals surface area contributed by atoms with Crippen molar-refractivity contribution < 1.29 is 9.45 Å². The number of hydrogen-bond donors (Lipinski definition) is 1. The zero-order chi connectivity index (χ0) is 30.4. The fraction of sp³-hybridized carbons (Fsp3) is 0.794. The molecule has 1 fully saturated rings. The summed E-state index contributed by atoms with van der Waals surface area (Å²) in [7, 11) is 1.81. The highest BCUT2D eigenvalue weighted by Crippen LogP contribution is 2.47. The number of thiol groups is 1. The summed E-state index contributed by atoms with van der Waals surface area (Å²) in [6.07, 6.45) is 11.8. The van der Waals surface area contributed by atoms with Crippen LogP contribution in [0.5, 0.6) is 0 Å². The average molecular weight is 561 g/mol. The average Bonchev–Trinajstić information content (AvgIpc) is 3.07. The van der Waals surface area contributed by atoms with E-state index in [1.165, 1.54) is 44.9 Å². The van der Waals surface area contributed by atoms with Crippen molar-refractivity contribution in [1.82, 2.24) is 0 Å². The summed E-state index contributed by atoms with van der Waals surface area (Å²) in [6.45, 7) is 27.0. The lowest BCUT2D eigenvalue weighted by atomic mass is 9.76. The van der Waals surface area contributed by atoms with Gasteiger partial charge < -0.3 is 9.55 Å². The predicted molar refractivity (Wildman–Crippen MR) is 179 cm³/mol. The second-order valence-electron chi connectivity index (χ2n) is 12.2. The number of nitrogens with zero attached hydrogens (tertiary/aromatic N) is 1. The minimum Gasteiger partial charge on any atom is -0.428 e. The van der Waals surface area contributed by atoms with Crippen molar-refractivity contribution in [2.75, 3.05) is 4.90 Å². The van der Waals surface area contributed by atoms with E-state index in [0.717, 1.165) is 35.5 Å². The fourth-order valence-electron chi connectivity index (χ4n) is 4.83. The van der Waals surface area contributed by atoms with Crippen LogP contribution in [0, 0.1) is 5.92 Å². The highest BCUT2D eigenvalue weighted by atomic mass is 32.1. The predicted octanol–water partition coefficient (Wildman–Crippen LogP) is 9.67. The van der Waals surface area contributed by atoms with E-state index >= 15 is 0 Å². The first-order valence-electron chi connectivity index (χ1n) is 16.0. The number of carbonyl (C=O) groups is 1. The van der Waals surface area contributed by atoms with Gasteiger partial charge in [-0.15, -0.1) is 0 Å². The molecule has 0 unspecified atom stereocenters. The molecule has 225 valence electrons. The highest BCUT2D eigenvalue weighted by molar-refractivity contribution is 7.81. The smallest absolute Gasteiger partial charge is 0.330 e. The normalized spacial score (nSPS) is 19.3. The molecule has 1 saturated carbocycles. The Labute approximate surface area is 250 Å². The van der Waals surface area contributed by atoms with Crippen LogP contribution in [0.4, 0.5) is 5.69 Å². The number of hydrogen-bond acceptors (Lipinski definition) is 3. The summed E-state index contributed by atoms with van der Waals surface area (Å²) in [5.41, 5.74) is 2.31. The van der Waals surface area contributed by atoms with Crippen molar-refractivity contribution in [3.8, 4) is 0 Å². The third kappa shape index (κ3) is 10.4. The molecule has 0 bridgehead atoms. The Morgan fingerprint density at radius 3 is 1.95 bits per heavy atom. The number of benzene rings is 1. The van der Waals surface area contributed by atoms with E-state index < -0.39 is 11.0 Å². The van der Waals surface area contributed by atoms with Crippen LogP contribution in [0.2, 0.25) is 0 Å². The quantitative estimate of drug-likeness (QED) is 0.166. The summed E-state index contributed by atoms with van der Waals surface area (Å²) in [5.74, 6) is 1.00. The standard InChI is InChI=1S/C23H35BNO2S.C7H16.2C2H6/c1-8-9-15-12-17(13-15)25-19-14-16(24-27-22(4,5)23(6,7)28)10-11-18(19)21(2,3)20(25)26;1-3-5-7-6-4-2;2*1-2/h10-11,14-15,17,28H,8-9,12-13H2,1-7H3;3-7H2,1-2H3;2*1-2H3. The van der Waals surface area contributed by atoms with Crippen molar-refractivity contribution in [3.63, 3.8) is 0 Å². The lowest BCUT2D eigenvalue weighted by Gasteiger charge is -2.42. The molecule has 1 aromatic rings. The van der Waals surface area contributed by atoms with Crippen LogP contribution in [0.1, 0.15) is 153 Å². The summed E-state index contributed by atoms with van der Waals surface area (Å²) in [6, 6.07) is 6.62. The van der Waals surface area contributed by atoms with Crippen molar-refractivity contribution in [2.45, 2.75) is 170 Å². The van der Waals surface area contributed by atoms with E-state index in [-0.39, 0.29) is 10.7 Å². The van der Waals surface area contributed by atoms with Crippen LogP contribution < -0.4 is 10.4 Å². The van der Waals surface area contributed by atoms with Crippen molar-refractivity contribution in [3.05, 3.63) is 23.8 Å². The van der Waals surface area contributed by atoms with Gasteiger partial charge in [0.25, 0.3) is 0 Å². The Balaban J connectivity index is 0.00000113. The van der Waals surface area contributed by atoms with E-state index in [2.05, 4.69) is 70.3 Å². The Bertz CT molecular complexity index is 821. The van der Waals surface area contributed by atoms with Crippen LogP contribution in [0.3, 0.4) is 0 Å². The first-order chi connectivity index (χ1) is 18.3. The fourth-order valence-corrected chi connectivity index (χ4v) is 4.88. The first kappa shape index (κ1) is 38.1. The van der Waals surface area contributed by atoms with E-state index in [4.69, 9.17) is 4.65 Å². The third-order valence-electron chi connectivity index (χ3n) is 8.15. The molecule has 0 saturated heterocycles. The van der Waals surface area contributed by atoms with Gasteiger partial charge in [-0.05, 0) is 71.9 Å². The van der Waals surface area contributed by atoms with Gasteiger partial charge >= 0.3 is 7.48 Å². The monoisotopic (exact) mass is 560 g/mol. The topological polar surface area (TPSA) is 29.5 Å². The van der Waals surface area contributed by atoms with Gasteiger partial charge in [0.05, 0.1) is 11.0 Å². The third-order valence-corrected chi connectivity index (χ3v) is 8.69. The molecule has 3 nitrogen and oxygen atoms in total. The maximum absolute atomic E-state index is 13.2. The van der Waals surface area contributed by atoms with Gasteiger partial charge in [0.2, 0.25) is 5.91 Å². The maximum atomic E-state index is 13.2. The molecule has 1 radical (unpaired) electrons. The maximum Gasteiger partial charge on any atom is 0.330 e. The molecule has 1 aliphatic carbocycles. The SMILES string of the molecule is CC.CC.CCCC1CC(N2C(=O)C(C)(C)c3ccc([B]OC(C)(C)C(C)(C)S)cc32)C1.CCCCCCC. The van der Waals surface area contributed by atoms with E-state index in [9.17, 15) is 4.79 Å².